The Bertz CT molecular complexity index is 510. The van der Waals surface area contributed by atoms with Crippen molar-refractivity contribution in [2.45, 2.75) is 44.3 Å². The van der Waals surface area contributed by atoms with Crippen LogP contribution in [0.4, 0.5) is 0 Å². The van der Waals surface area contributed by atoms with Crippen molar-refractivity contribution in [3.63, 3.8) is 0 Å². The summed E-state index contributed by atoms with van der Waals surface area (Å²) in [6.07, 6.45) is 4.66. The fourth-order valence-corrected chi connectivity index (χ4v) is 2.12. The van der Waals surface area contributed by atoms with Crippen molar-refractivity contribution in [1.29, 1.82) is 0 Å². The molecule has 1 amide bonds. The maximum Gasteiger partial charge on any atom is 0.258 e. The summed E-state index contributed by atoms with van der Waals surface area (Å²) in [5.41, 5.74) is 1.06. The highest BCUT2D eigenvalue weighted by Gasteiger charge is 2.24. The Kier molecular flexibility index (Phi) is 4.29. The van der Waals surface area contributed by atoms with Crippen molar-refractivity contribution in [1.82, 2.24) is 10.6 Å². The molecule has 114 valence electrons. The minimum atomic E-state index is -0.0542. The highest BCUT2D eigenvalue weighted by molar-refractivity contribution is 5.78. The molecule has 0 saturated heterocycles. The first kappa shape index (κ1) is 14.2. The van der Waals surface area contributed by atoms with Gasteiger partial charge in [0.2, 0.25) is 0 Å². The molecule has 2 saturated carbocycles. The third-order valence-corrected chi connectivity index (χ3v) is 3.73. The number of amides is 1. The molecule has 21 heavy (non-hydrogen) atoms. The predicted octanol–water partition coefficient (Wildman–Crippen LogP) is 1.60. The fourth-order valence-electron chi connectivity index (χ4n) is 2.12. The summed E-state index contributed by atoms with van der Waals surface area (Å²) in [5, 5.41) is 6.38. The molecule has 0 aromatic heterocycles. The quantitative estimate of drug-likeness (QED) is 0.763. The van der Waals surface area contributed by atoms with Crippen molar-refractivity contribution in [2.24, 2.45) is 0 Å². The van der Waals surface area contributed by atoms with Crippen LogP contribution in [-0.4, -0.2) is 31.7 Å². The van der Waals surface area contributed by atoms with Gasteiger partial charge in [-0.1, -0.05) is 6.07 Å². The van der Waals surface area contributed by atoms with Crippen LogP contribution in [-0.2, 0) is 11.3 Å². The van der Waals surface area contributed by atoms with Gasteiger partial charge in [0.1, 0.15) is 11.5 Å². The third kappa shape index (κ3) is 4.36. The van der Waals surface area contributed by atoms with Gasteiger partial charge in [0.15, 0.2) is 6.61 Å². The van der Waals surface area contributed by atoms with E-state index in [4.69, 9.17) is 9.47 Å². The van der Waals surface area contributed by atoms with E-state index in [2.05, 4.69) is 10.6 Å². The van der Waals surface area contributed by atoms with Crippen LogP contribution in [0.2, 0.25) is 0 Å². The van der Waals surface area contributed by atoms with Gasteiger partial charge in [-0.25, -0.2) is 0 Å². The molecule has 3 rings (SSSR count). The van der Waals surface area contributed by atoms with Crippen LogP contribution in [0.5, 0.6) is 11.5 Å². The number of rotatable bonds is 8. The lowest BCUT2D eigenvalue weighted by Gasteiger charge is -2.13. The second-order valence-corrected chi connectivity index (χ2v) is 5.76. The zero-order chi connectivity index (χ0) is 14.7. The average molecular weight is 290 g/mol. The van der Waals surface area contributed by atoms with E-state index in [1.165, 1.54) is 12.8 Å². The molecule has 0 aliphatic heterocycles. The Labute approximate surface area is 125 Å². The summed E-state index contributed by atoms with van der Waals surface area (Å²) in [5.74, 6) is 1.40. The molecule has 0 radical (unpaired) electrons. The first-order chi connectivity index (χ1) is 10.2. The minimum Gasteiger partial charge on any atom is -0.497 e. The lowest BCUT2D eigenvalue weighted by molar-refractivity contribution is -0.123. The number of hydrogen-bond acceptors (Lipinski definition) is 4. The number of nitrogens with one attached hydrogen (secondary N) is 2. The second-order valence-electron chi connectivity index (χ2n) is 5.76. The maximum absolute atomic E-state index is 11.7. The van der Waals surface area contributed by atoms with Crippen molar-refractivity contribution in [3.05, 3.63) is 23.8 Å². The summed E-state index contributed by atoms with van der Waals surface area (Å²) >= 11 is 0. The van der Waals surface area contributed by atoms with E-state index in [0.29, 0.717) is 17.8 Å². The van der Waals surface area contributed by atoms with E-state index < -0.39 is 0 Å². The molecule has 5 heteroatoms. The van der Waals surface area contributed by atoms with E-state index in [0.717, 1.165) is 30.7 Å². The normalized spacial score (nSPS) is 17.4. The zero-order valence-corrected chi connectivity index (χ0v) is 12.4. The predicted molar refractivity (Wildman–Crippen MR) is 79.5 cm³/mol. The number of benzene rings is 1. The van der Waals surface area contributed by atoms with Gasteiger partial charge >= 0.3 is 0 Å². The Hall–Kier alpha value is -1.75. The largest absolute Gasteiger partial charge is 0.497 e. The molecule has 0 spiro atoms. The van der Waals surface area contributed by atoms with Crippen molar-refractivity contribution in [2.75, 3.05) is 13.7 Å². The topological polar surface area (TPSA) is 59.6 Å². The Balaban J connectivity index is 1.59. The molecular weight excluding hydrogens is 268 g/mol. The van der Waals surface area contributed by atoms with E-state index in [1.807, 2.05) is 18.2 Å². The second kappa shape index (κ2) is 6.35. The van der Waals surface area contributed by atoms with E-state index in [1.54, 1.807) is 7.11 Å². The monoisotopic (exact) mass is 290 g/mol. The number of carbonyl (C=O) groups excluding carboxylic acids is 1. The SMILES string of the molecule is COc1ccc(CNC2CC2)c(OCC(=O)NC2CC2)c1. The maximum atomic E-state index is 11.7. The smallest absolute Gasteiger partial charge is 0.258 e. The van der Waals surface area contributed by atoms with Crippen molar-refractivity contribution >= 4 is 5.91 Å². The van der Waals surface area contributed by atoms with Gasteiger partial charge in [-0.15, -0.1) is 0 Å². The van der Waals surface area contributed by atoms with Crippen LogP contribution >= 0.6 is 0 Å². The number of ether oxygens (including phenoxy) is 2. The van der Waals surface area contributed by atoms with Crippen LogP contribution in [0, 0.1) is 0 Å². The molecule has 1 aromatic rings. The van der Waals surface area contributed by atoms with Gasteiger partial charge in [-0.05, 0) is 31.7 Å². The van der Waals surface area contributed by atoms with E-state index in [-0.39, 0.29) is 12.5 Å². The van der Waals surface area contributed by atoms with Crippen molar-refractivity contribution < 1.29 is 14.3 Å². The summed E-state index contributed by atoms with van der Waals surface area (Å²) in [4.78, 5) is 11.7. The Morgan fingerprint density at radius 1 is 1.24 bits per heavy atom. The van der Waals surface area contributed by atoms with Gasteiger partial charge in [0.25, 0.3) is 5.91 Å². The lowest BCUT2D eigenvalue weighted by atomic mass is 10.2. The van der Waals surface area contributed by atoms with Gasteiger partial charge in [-0.3, -0.25) is 4.79 Å². The number of methoxy groups -OCH3 is 1. The molecule has 1 aromatic carbocycles. The van der Waals surface area contributed by atoms with E-state index in [9.17, 15) is 4.79 Å². The molecule has 2 aliphatic carbocycles. The molecule has 0 atom stereocenters. The summed E-state index contributed by atoms with van der Waals surface area (Å²) < 4.78 is 10.9. The Morgan fingerprint density at radius 2 is 2.00 bits per heavy atom. The molecule has 0 unspecified atom stereocenters. The highest BCUT2D eigenvalue weighted by Crippen LogP contribution is 2.27. The average Bonchev–Trinajstić information content (AvgIpc) is 3.38. The summed E-state index contributed by atoms with van der Waals surface area (Å²) in [6.45, 7) is 0.814. The third-order valence-electron chi connectivity index (χ3n) is 3.73. The number of carbonyl (C=O) groups is 1. The molecular formula is C16H22N2O3. The fraction of sp³-hybridized carbons (Fsp3) is 0.562. The molecule has 2 fully saturated rings. The van der Waals surface area contributed by atoms with Crippen LogP contribution in [0.1, 0.15) is 31.2 Å². The van der Waals surface area contributed by atoms with Crippen LogP contribution in [0.25, 0.3) is 0 Å². The van der Waals surface area contributed by atoms with Crippen LogP contribution in [0.15, 0.2) is 18.2 Å². The zero-order valence-electron chi connectivity index (χ0n) is 12.4. The molecule has 0 bridgehead atoms. The van der Waals surface area contributed by atoms with Gasteiger partial charge in [-0.2, -0.15) is 0 Å². The standard InChI is InChI=1S/C16H22N2O3/c1-20-14-7-2-11(9-17-12-3-4-12)15(8-14)21-10-16(19)18-13-5-6-13/h2,7-8,12-13,17H,3-6,9-10H2,1H3,(H,18,19). The molecule has 2 aliphatic rings. The first-order valence-electron chi connectivity index (χ1n) is 7.57. The van der Waals surface area contributed by atoms with Crippen LogP contribution in [0.3, 0.4) is 0 Å². The minimum absolute atomic E-state index is 0.0542. The molecule has 2 N–H and O–H groups in total. The number of hydrogen-bond donors (Lipinski definition) is 2. The van der Waals surface area contributed by atoms with Crippen molar-refractivity contribution in [3.8, 4) is 11.5 Å². The molecule has 0 heterocycles. The summed E-state index contributed by atoms with van der Waals surface area (Å²) in [7, 11) is 1.63. The molecule has 5 nitrogen and oxygen atoms in total. The van der Waals surface area contributed by atoms with Gasteiger partial charge in [0.05, 0.1) is 7.11 Å². The highest BCUT2D eigenvalue weighted by atomic mass is 16.5. The summed E-state index contributed by atoms with van der Waals surface area (Å²) in [6, 6.07) is 6.75. The van der Waals surface area contributed by atoms with Gasteiger partial charge in [0, 0.05) is 30.3 Å². The van der Waals surface area contributed by atoms with E-state index >= 15 is 0 Å². The first-order valence-corrected chi connectivity index (χ1v) is 7.57. The Morgan fingerprint density at radius 3 is 2.67 bits per heavy atom. The van der Waals surface area contributed by atoms with Crippen LogP contribution < -0.4 is 20.1 Å². The van der Waals surface area contributed by atoms with Gasteiger partial charge < -0.3 is 20.1 Å². The lowest BCUT2D eigenvalue weighted by Crippen LogP contribution is -2.30.